The molecule has 0 bridgehead atoms. The maximum atomic E-state index is 13.4. The van der Waals surface area contributed by atoms with Crippen LogP contribution in [0.3, 0.4) is 0 Å². The fourth-order valence-corrected chi connectivity index (χ4v) is 17.3. The lowest BCUT2D eigenvalue weighted by Crippen LogP contribution is -2.67. The summed E-state index contributed by atoms with van der Waals surface area (Å²) in [7, 11) is -5.70. The van der Waals surface area contributed by atoms with Crippen molar-refractivity contribution < 1.29 is 18.8 Å². The minimum Gasteiger partial charge on any atom is -0.404 e. The Morgan fingerprint density at radius 2 is 1.14 bits per heavy atom. The second-order valence-electron chi connectivity index (χ2n) is 17.1. The van der Waals surface area contributed by atoms with E-state index in [1.54, 1.807) is 6.08 Å². The lowest BCUT2D eigenvalue weighted by atomic mass is 10.1. The van der Waals surface area contributed by atoms with Crippen molar-refractivity contribution >= 4 is 43.2 Å². The summed E-state index contributed by atoms with van der Waals surface area (Å²) in [5.74, 6) is 5.59. The van der Waals surface area contributed by atoms with E-state index in [4.69, 9.17) is 8.85 Å². The molecular formula is C52H66O4Si2. The van der Waals surface area contributed by atoms with Crippen LogP contribution in [-0.2, 0) is 13.6 Å². The average molecular weight is 811 g/mol. The van der Waals surface area contributed by atoms with Crippen molar-refractivity contribution in [2.75, 3.05) is 6.61 Å². The molecule has 6 heteroatoms. The summed E-state index contributed by atoms with van der Waals surface area (Å²) in [4.78, 5) is 13.4. The summed E-state index contributed by atoms with van der Waals surface area (Å²) in [5, 5.41) is 14.5. The van der Waals surface area contributed by atoms with Gasteiger partial charge in [0.15, 0.2) is 0 Å². The summed E-state index contributed by atoms with van der Waals surface area (Å²) < 4.78 is 14.7. The number of aliphatic hydroxyl groups excluding tert-OH is 1. The summed E-state index contributed by atoms with van der Waals surface area (Å²) in [6.45, 7) is 15.7. The normalized spacial score (nSPS) is 13.8. The minimum atomic E-state index is -2.92. The molecule has 4 aromatic carbocycles. The van der Waals surface area contributed by atoms with Crippen molar-refractivity contribution in [2.24, 2.45) is 0 Å². The van der Waals surface area contributed by atoms with Gasteiger partial charge in [-0.05, 0) is 68.5 Å². The molecule has 0 aliphatic carbocycles. The average Bonchev–Trinajstić information content (AvgIpc) is 3.21. The minimum absolute atomic E-state index is 0.0840. The molecule has 0 amide bonds. The highest BCUT2D eigenvalue weighted by atomic mass is 28.4. The fourth-order valence-electron chi connectivity index (χ4n) is 7.90. The largest absolute Gasteiger partial charge is 0.404 e. The van der Waals surface area contributed by atoms with E-state index in [9.17, 15) is 9.90 Å². The first kappa shape index (κ1) is 46.3. The van der Waals surface area contributed by atoms with Gasteiger partial charge in [0.2, 0.25) is 5.78 Å². The monoisotopic (exact) mass is 810 g/mol. The van der Waals surface area contributed by atoms with Crippen LogP contribution in [0.2, 0.25) is 10.1 Å². The van der Waals surface area contributed by atoms with Crippen molar-refractivity contribution in [3.05, 3.63) is 158 Å². The first-order valence-corrected chi connectivity index (χ1v) is 24.9. The molecule has 4 nitrogen and oxygen atoms in total. The number of aliphatic hydroxyl groups is 1. The van der Waals surface area contributed by atoms with Gasteiger partial charge in [0.25, 0.3) is 16.6 Å². The van der Waals surface area contributed by atoms with Crippen LogP contribution in [0.15, 0.2) is 158 Å². The van der Waals surface area contributed by atoms with E-state index < -0.39 is 22.7 Å². The zero-order valence-corrected chi connectivity index (χ0v) is 38.0. The molecule has 306 valence electrons. The zero-order chi connectivity index (χ0) is 41.9. The van der Waals surface area contributed by atoms with Gasteiger partial charge in [-0.1, -0.05) is 219 Å². The third kappa shape index (κ3) is 12.3. The smallest absolute Gasteiger partial charge is 0.261 e. The molecule has 2 atom stereocenters. The molecule has 0 aromatic heterocycles. The van der Waals surface area contributed by atoms with Crippen LogP contribution >= 0.6 is 0 Å². The Kier molecular flexibility index (Phi) is 18.1. The van der Waals surface area contributed by atoms with Gasteiger partial charge in [-0.3, -0.25) is 4.79 Å². The molecule has 0 radical (unpaired) electrons. The van der Waals surface area contributed by atoms with Crippen molar-refractivity contribution in [2.45, 2.75) is 116 Å². The van der Waals surface area contributed by atoms with Crippen molar-refractivity contribution in [3.8, 4) is 11.8 Å². The predicted molar refractivity (Wildman–Crippen MR) is 250 cm³/mol. The Bertz CT molecular complexity index is 1870. The second kappa shape index (κ2) is 22.7. The summed E-state index contributed by atoms with van der Waals surface area (Å²) in [6, 6.07) is 42.2. The number of allylic oxidation sites excluding steroid dienone is 4. The fraction of sp³-hybridized carbons (Fsp3) is 0.365. The Balaban J connectivity index is 1.58. The first-order chi connectivity index (χ1) is 27.9. The molecule has 0 aliphatic heterocycles. The molecule has 0 saturated heterocycles. The van der Waals surface area contributed by atoms with Gasteiger partial charge in [-0.25, -0.2) is 0 Å². The van der Waals surface area contributed by atoms with Gasteiger partial charge >= 0.3 is 0 Å². The summed E-state index contributed by atoms with van der Waals surface area (Å²) in [5.41, 5.74) is 0. The number of carbonyl (C=O) groups excluding carboxylic acids is 1. The number of rotatable bonds is 20. The Morgan fingerprint density at radius 1 is 0.672 bits per heavy atom. The van der Waals surface area contributed by atoms with Crippen molar-refractivity contribution in [1.82, 2.24) is 0 Å². The number of benzene rings is 4. The Labute approximate surface area is 352 Å². The SMILES string of the molecule is CCCCC/C=C\C[C@H](/C=C/C=C/C#CC(=O)C[C@@H](CCO)O[Si](c1ccccc1)(c1ccccc1)C(C)(C)C)O[Si](c1ccccc1)(c1ccccc1)C(C)(C)C. The van der Waals surface area contributed by atoms with Crippen LogP contribution < -0.4 is 20.7 Å². The molecule has 0 aliphatic rings. The lowest BCUT2D eigenvalue weighted by molar-refractivity contribution is -0.115. The lowest BCUT2D eigenvalue weighted by Gasteiger charge is -2.45. The molecule has 0 spiro atoms. The van der Waals surface area contributed by atoms with Gasteiger partial charge in [0, 0.05) is 13.0 Å². The molecule has 0 unspecified atom stereocenters. The van der Waals surface area contributed by atoms with Gasteiger partial charge in [0.1, 0.15) is 0 Å². The van der Waals surface area contributed by atoms with Gasteiger partial charge in [0.05, 0.1) is 12.2 Å². The predicted octanol–water partition coefficient (Wildman–Crippen LogP) is 9.86. The second-order valence-corrected chi connectivity index (χ2v) is 25.6. The number of Topliss-reactive ketones (excluding diaryl/α,β-unsaturated/α-hetero) is 1. The van der Waals surface area contributed by atoms with Crippen LogP contribution in [0.1, 0.15) is 93.4 Å². The van der Waals surface area contributed by atoms with Crippen molar-refractivity contribution in [3.63, 3.8) is 0 Å². The summed E-state index contributed by atoms with van der Waals surface area (Å²) >= 11 is 0. The van der Waals surface area contributed by atoms with Crippen LogP contribution in [0, 0.1) is 11.8 Å². The molecule has 4 rings (SSSR count). The maximum absolute atomic E-state index is 13.4. The zero-order valence-electron chi connectivity index (χ0n) is 36.0. The highest BCUT2D eigenvalue weighted by Gasteiger charge is 2.52. The van der Waals surface area contributed by atoms with Crippen LogP contribution in [-0.4, -0.2) is 46.3 Å². The highest BCUT2D eigenvalue weighted by molar-refractivity contribution is 7.00. The number of unbranched alkanes of at least 4 members (excludes halogenated alkanes) is 3. The maximum Gasteiger partial charge on any atom is 0.261 e. The third-order valence-corrected chi connectivity index (χ3v) is 20.9. The molecule has 0 saturated carbocycles. The van der Waals surface area contributed by atoms with E-state index in [1.165, 1.54) is 29.6 Å². The number of carbonyl (C=O) groups is 1. The first-order valence-electron chi connectivity index (χ1n) is 21.1. The third-order valence-electron chi connectivity index (χ3n) is 10.7. The highest BCUT2D eigenvalue weighted by Crippen LogP contribution is 2.39. The quantitative estimate of drug-likeness (QED) is 0.0241. The van der Waals surface area contributed by atoms with Crippen LogP contribution in [0.25, 0.3) is 0 Å². The summed E-state index contributed by atoms with van der Waals surface area (Å²) in [6.07, 6.45) is 17.5. The van der Waals surface area contributed by atoms with E-state index in [0.29, 0.717) is 6.42 Å². The van der Waals surface area contributed by atoms with E-state index >= 15 is 0 Å². The molecule has 58 heavy (non-hydrogen) atoms. The standard InChI is InChI=1S/C52H66O4Si2/c1-8-9-10-11-12-20-31-45(55-57(51(2,3)4,47-33-22-15-23-34-47)48-35-24-16-25-36-48)32-21-14-13-19-30-44(54)43-46(41-42-53)56-58(52(5,6)7,49-37-26-17-27-38-49)50-39-28-18-29-40-50/h12-18,20-29,32-40,45-46,53H,8-11,31,41-43H2,1-7H3/b14-13+,20-12-,32-21+/t45-,46-/m1/s1. The van der Waals surface area contributed by atoms with Gasteiger partial charge in [-0.15, -0.1) is 0 Å². The molecule has 4 aromatic rings. The number of ketones is 1. The molecule has 0 heterocycles. The van der Waals surface area contributed by atoms with Crippen LogP contribution in [0.4, 0.5) is 0 Å². The van der Waals surface area contributed by atoms with E-state index in [1.807, 2.05) is 48.6 Å². The molecule has 0 fully saturated rings. The van der Waals surface area contributed by atoms with Crippen LogP contribution in [0.5, 0.6) is 0 Å². The van der Waals surface area contributed by atoms with Gasteiger partial charge in [-0.2, -0.15) is 0 Å². The van der Waals surface area contributed by atoms with Gasteiger partial charge < -0.3 is 14.0 Å². The number of hydrogen-bond acceptors (Lipinski definition) is 4. The van der Waals surface area contributed by atoms with E-state index in [0.717, 1.165) is 23.2 Å². The molecule has 1 N–H and O–H groups in total. The van der Waals surface area contributed by atoms with Crippen molar-refractivity contribution in [1.29, 1.82) is 0 Å². The molecular weight excluding hydrogens is 745 g/mol. The van der Waals surface area contributed by atoms with E-state index in [-0.39, 0.29) is 35.0 Å². The van der Waals surface area contributed by atoms with E-state index in [2.05, 4.69) is 163 Å². The Hall–Kier alpha value is -4.36. The topological polar surface area (TPSA) is 55.8 Å². The number of hydrogen-bond donors (Lipinski definition) is 1. The Morgan fingerprint density at radius 3 is 1.57 bits per heavy atom.